The predicted molar refractivity (Wildman–Crippen MR) is 63.3 cm³/mol. The van der Waals surface area contributed by atoms with Gasteiger partial charge < -0.3 is 16.2 Å². The van der Waals surface area contributed by atoms with Gasteiger partial charge in [-0.25, -0.2) is 9.97 Å². The summed E-state index contributed by atoms with van der Waals surface area (Å²) in [4.78, 5) is 7.85. The Morgan fingerprint density at radius 3 is 3.00 bits per heavy atom. The molecule has 1 aliphatic rings. The lowest BCUT2D eigenvalue weighted by Gasteiger charge is -2.14. The summed E-state index contributed by atoms with van der Waals surface area (Å²) in [6.45, 7) is 0.248. The number of hydrogen-bond acceptors (Lipinski definition) is 5. The summed E-state index contributed by atoms with van der Waals surface area (Å²) in [5.41, 5.74) is 6.14. The summed E-state index contributed by atoms with van der Waals surface area (Å²) in [5.74, 6) is 0.972. The lowest BCUT2D eigenvalue weighted by molar-refractivity contribution is 0.229. The maximum absolute atomic E-state index is 9.05. The number of nitrogens with zero attached hydrogens (tertiary/aromatic N) is 2. The number of anilines is 2. The van der Waals surface area contributed by atoms with Gasteiger partial charge in [-0.3, -0.25) is 0 Å². The summed E-state index contributed by atoms with van der Waals surface area (Å²) < 4.78 is 0. The Morgan fingerprint density at radius 1 is 1.50 bits per heavy atom. The van der Waals surface area contributed by atoms with Gasteiger partial charge in [-0.1, -0.05) is 11.6 Å². The molecule has 1 aliphatic carbocycles. The van der Waals surface area contributed by atoms with Crippen molar-refractivity contribution >= 4 is 23.1 Å². The number of rotatable bonds is 3. The molecule has 0 radical (unpaired) electrons. The first-order chi connectivity index (χ1) is 7.70. The number of aliphatic hydroxyl groups is 1. The van der Waals surface area contributed by atoms with Crippen molar-refractivity contribution in [2.75, 3.05) is 17.7 Å². The minimum absolute atomic E-state index is 0.248. The molecule has 2 rings (SSSR count). The van der Waals surface area contributed by atoms with Crippen molar-refractivity contribution in [2.45, 2.75) is 25.3 Å². The van der Waals surface area contributed by atoms with Crippen molar-refractivity contribution in [1.82, 2.24) is 9.97 Å². The second-order valence-electron chi connectivity index (χ2n) is 4.13. The van der Waals surface area contributed by atoms with E-state index in [1.807, 2.05) is 0 Å². The van der Waals surface area contributed by atoms with Crippen LogP contribution in [0.3, 0.4) is 0 Å². The molecular weight excluding hydrogens is 228 g/mol. The van der Waals surface area contributed by atoms with Gasteiger partial charge in [0, 0.05) is 12.6 Å². The van der Waals surface area contributed by atoms with Crippen LogP contribution in [-0.4, -0.2) is 27.7 Å². The van der Waals surface area contributed by atoms with E-state index in [9.17, 15) is 0 Å². The Kier molecular flexibility index (Phi) is 3.46. The molecule has 1 saturated carbocycles. The molecule has 0 spiro atoms. The minimum Gasteiger partial charge on any atom is -0.396 e. The van der Waals surface area contributed by atoms with Gasteiger partial charge in [-0.15, -0.1) is 0 Å². The van der Waals surface area contributed by atoms with Crippen LogP contribution in [0.5, 0.6) is 0 Å². The first-order valence-electron chi connectivity index (χ1n) is 5.34. The number of nitrogens with two attached hydrogens (primary N) is 1. The minimum atomic E-state index is 0.248. The molecule has 0 amide bonds. The predicted octanol–water partition coefficient (Wildman–Crippen LogP) is 1.29. The van der Waals surface area contributed by atoms with Gasteiger partial charge in [-0.2, -0.15) is 0 Å². The highest BCUT2D eigenvalue weighted by atomic mass is 35.5. The van der Waals surface area contributed by atoms with Crippen LogP contribution in [0.2, 0.25) is 5.15 Å². The van der Waals surface area contributed by atoms with Gasteiger partial charge >= 0.3 is 0 Å². The molecular formula is C10H15ClN4O. The van der Waals surface area contributed by atoms with Crippen molar-refractivity contribution in [2.24, 2.45) is 5.92 Å². The third kappa shape index (κ3) is 2.36. The number of hydrogen-bond donors (Lipinski definition) is 3. The Balaban J connectivity index is 2.02. The fourth-order valence-electron chi connectivity index (χ4n) is 2.05. The van der Waals surface area contributed by atoms with E-state index in [-0.39, 0.29) is 11.8 Å². The van der Waals surface area contributed by atoms with Gasteiger partial charge in [0.25, 0.3) is 0 Å². The third-order valence-corrected chi connectivity index (χ3v) is 3.28. The van der Waals surface area contributed by atoms with E-state index in [1.54, 1.807) is 0 Å². The number of aromatic nitrogens is 2. The monoisotopic (exact) mass is 242 g/mol. The van der Waals surface area contributed by atoms with Crippen molar-refractivity contribution in [3.8, 4) is 0 Å². The molecule has 0 saturated heterocycles. The Hall–Kier alpha value is -1.07. The maximum atomic E-state index is 9.05. The van der Waals surface area contributed by atoms with Crippen molar-refractivity contribution in [3.63, 3.8) is 0 Å². The van der Waals surface area contributed by atoms with E-state index in [0.29, 0.717) is 23.5 Å². The van der Waals surface area contributed by atoms with Crippen LogP contribution in [0, 0.1) is 5.92 Å². The smallest absolute Gasteiger partial charge is 0.157 e. The second-order valence-corrected chi connectivity index (χ2v) is 4.49. The van der Waals surface area contributed by atoms with Gasteiger partial charge in [0.15, 0.2) is 11.0 Å². The Bertz CT molecular complexity index is 374. The van der Waals surface area contributed by atoms with Crippen LogP contribution in [0.4, 0.5) is 11.5 Å². The SMILES string of the molecule is Nc1c(Cl)ncnc1NC1CC[C@H](CO)C1. The van der Waals surface area contributed by atoms with Crippen molar-refractivity contribution in [3.05, 3.63) is 11.5 Å². The second kappa shape index (κ2) is 4.84. The Morgan fingerprint density at radius 2 is 2.31 bits per heavy atom. The van der Waals surface area contributed by atoms with Crippen molar-refractivity contribution < 1.29 is 5.11 Å². The Labute approximate surface area is 99.0 Å². The van der Waals surface area contributed by atoms with E-state index >= 15 is 0 Å². The van der Waals surface area contributed by atoms with Crippen LogP contribution >= 0.6 is 11.6 Å². The van der Waals surface area contributed by atoms with E-state index in [2.05, 4.69) is 15.3 Å². The largest absolute Gasteiger partial charge is 0.396 e. The molecule has 5 nitrogen and oxygen atoms in total. The third-order valence-electron chi connectivity index (χ3n) is 2.98. The maximum Gasteiger partial charge on any atom is 0.157 e. The van der Waals surface area contributed by atoms with Crippen LogP contribution in [0.15, 0.2) is 6.33 Å². The number of nitrogens with one attached hydrogen (secondary N) is 1. The molecule has 0 bridgehead atoms. The molecule has 0 aliphatic heterocycles. The number of halogens is 1. The van der Waals surface area contributed by atoms with Crippen molar-refractivity contribution in [1.29, 1.82) is 0 Å². The van der Waals surface area contributed by atoms with Gasteiger partial charge in [0.2, 0.25) is 0 Å². The average Bonchev–Trinajstić information content (AvgIpc) is 2.73. The summed E-state index contributed by atoms with van der Waals surface area (Å²) >= 11 is 5.80. The lowest BCUT2D eigenvalue weighted by atomic mass is 10.1. The van der Waals surface area contributed by atoms with E-state index in [4.69, 9.17) is 22.4 Å². The molecule has 88 valence electrons. The van der Waals surface area contributed by atoms with Gasteiger partial charge in [-0.05, 0) is 25.2 Å². The summed E-state index contributed by atoms with van der Waals surface area (Å²) in [6.07, 6.45) is 4.39. The molecule has 1 aromatic rings. The zero-order chi connectivity index (χ0) is 11.5. The zero-order valence-electron chi connectivity index (χ0n) is 8.86. The topological polar surface area (TPSA) is 84.1 Å². The molecule has 0 aromatic carbocycles. The zero-order valence-corrected chi connectivity index (χ0v) is 9.61. The van der Waals surface area contributed by atoms with Crippen LogP contribution in [0.1, 0.15) is 19.3 Å². The quantitative estimate of drug-likeness (QED) is 0.696. The molecule has 2 atom stereocenters. The van der Waals surface area contributed by atoms with Gasteiger partial charge in [0.1, 0.15) is 12.0 Å². The van der Waals surface area contributed by atoms with E-state index < -0.39 is 0 Å². The molecule has 1 fully saturated rings. The first kappa shape index (κ1) is 11.4. The summed E-state index contributed by atoms with van der Waals surface area (Å²) in [7, 11) is 0. The van der Waals surface area contributed by atoms with Gasteiger partial charge in [0.05, 0.1) is 0 Å². The highest BCUT2D eigenvalue weighted by Gasteiger charge is 2.24. The molecule has 1 heterocycles. The first-order valence-corrected chi connectivity index (χ1v) is 5.72. The molecule has 1 unspecified atom stereocenters. The molecule has 16 heavy (non-hydrogen) atoms. The highest BCUT2D eigenvalue weighted by Crippen LogP contribution is 2.30. The normalized spacial score (nSPS) is 24.6. The average molecular weight is 243 g/mol. The fraction of sp³-hybridized carbons (Fsp3) is 0.600. The lowest BCUT2D eigenvalue weighted by Crippen LogP contribution is -2.18. The summed E-state index contributed by atoms with van der Waals surface area (Å²) in [6, 6.07) is 0.311. The van der Waals surface area contributed by atoms with E-state index in [0.717, 1.165) is 19.3 Å². The van der Waals surface area contributed by atoms with E-state index in [1.165, 1.54) is 6.33 Å². The molecule has 1 aromatic heterocycles. The fourth-order valence-corrected chi connectivity index (χ4v) is 2.19. The number of aliphatic hydroxyl groups excluding tert-OH is 1. The standard InChI is InChI=1S/C10H15ClN4O/c11-9-8(12)10(14-5-13-9)15-7-2-1-6(3-7)4-16/h5-7,16H,1-4,12H2,(H,13,14,15)/t6-,7?/m0/s1. The van der Waals surface area contributed by atoms with Crippen LogP contribution in [0.25, 0.3) is 0 Å². The molecule has 6 heteroatoms. The summed E-state index contributed by atoms with van der Waals surface area (Å²) in [5, 5.41) is 12.6. The number of nitrogen functional groups attached to an aromatic ring is 1. The molecule has 4 N–H and O–H groups in total. The highest BCUT2D eigenvalue weighted by molar-refractivity contribution is 6.32. The van der Waals surface area contributed by atoms with Crippen LogP contribution in [-0.2, 0) is 0 Å². The van der Waals surface area contributed by atoms with Crippen LogP contribution < -0.4 is 11.1 Å².